The van der Waals surface area contributed by atoms with Crippen LogP contribution in [0.1, 0.15) is 32.1 Å². The lowest BCUT2D eigenvalue weighted by molar-refractivity contribution is -0.132. The highest BCUT2D eigenvalue weighted by molar-refractivity contribution is 5.85. The van der Waals surface area contributed by atoms with Gasteiger partial charge in [-0.1, -0.05) is 0 Å². The van der Waals surface area contributed by atoms with Crippen LogP contribution < -0.4 is 5.73 Å². The average Bonchev–Trinajstić information content (AvgIpc) is 2.97. The van der Waals surface area contributed by atoms with Crippen molar-refractivity contribution in [2.75, 3.05) is 19.7 Å². The quantitative estimate of drug-likeness (QED) is 0.823. The van der Waals surface area contributed by atoms with Crippen LogP contribution in [0.5, 0.6) is 0 Å². The lowest BCUT2D eigenvalue weighted by atomic mass is 9.98. The van der Waals surface area contributed by atoms with E-state index < -0.39 is 0 Å². The third-order valence-corrected chi connectivity index (χ3v) is 4.69. The van der Waals surface area contributed by atoms with Crippen molar-refractivity contribution in [3.63, 3.8) is 0 Å². The summed E-state index contributed by atoms with van der Waals surface area (Å²) in [7, 11) is 0. The minimum absolute atomic E-state index is 0. The third kappa shape index (κ3) is 2.65. The maximum Gasteiger partial charge on any atom is 0.225 e. The molecule has 4 nitrogen and oxygen atoms in total. The molecule has 3 rings (SSSR count). The molecule has 2 heterocycles. The van der Waals surface area contributed by atoms with Crippen LogP contribution in [-0.2, 0) is 9.53 Å². The van der Waals surface area contributed by atoms with Gasteiger partial charge in [0.05, 0.1) is 12.5 Å². The summed E-state index contributed by atoms with van der Waals surface area (Å²) in [4.78, 5) is 14.2. The Hall–Kier alpha value is -0.320. The van der Waals surface area contributed by atoms with E-state index in [1.165, 1.54) is 6.42 Å². The van der Waals surface area contributed by atoms with Gasteiger partial charge < -0.3 is 15.4 Å². The van der Waals surface area contributed by atoms with Gasteiger partial charge in [0, 0.05) is 25.7 Å². The van der Waals surface area contributed by atoms with Crippen molar-refractivity contribution in [2.24, 2.45) is 17.6 Å². The Kier molecular flexibility index (Phi) is 4.51. The predicted molar refractivity (Wildman–Crippen MR) is 71.6 cm³/mol. The first-order chi connectivity index (χ1) is 8.24. The first-order valence-corrected chi connectivity index (χ1v) is 6.89. The number of ether oxygens (including phenoxy) is 1. The number of halogens is 1. The van der Waals surface area contributed by atoms with Gasteiger partial charge in [0.2, 0.25) is 5.91 Å². The zero-order valence-corrected chi connectivity index (χ0v) is 11.5. The number of rotatable bonds is 2. The van der Waals surface area contributed by atoms with Crippen molar-refractivity contribution in [3.05, 3.63) is 0 Å². The Labute approximate surface area is 115 Å². The maximum absolute atomic E-state index is 12.1. The fourth-order valence-corrected chi connectivity index (χ4v) is 3.64. The van der Waals surface area contributed by atoms with Gasteiger partial charge in [-0.25, -0.2) is 0 Å². The third-order valence-electron chi connectivity index (χ3n) is 4.69. The predicted octanol–water partition coefficient (Wildman–Crippen LogP) is 1.17. The molecular formula is C13H23ClN2O2. The molecular weight excluding hydrogens is 252 g/mol. The number of fused-ring (bicyclic) bond motifs is 1. The molecule has 4 unspecified atom stereocenters. The van der Waals surface area contributed by atoms with Crippen LogP contribution in [0.4, 0.5) is 0 Å². The second-order valence-corrected chi connectivity index (χ2v) is 5.80. The minimum atomic E-state index is 0. The van der Waals surface area contributed by atoms with Gasteiger partial charge in [0.1, 0.15) is 0 Å². The van der Waals surface area contributed by atoms with Crippen LogP contribution in [0, 0.1) is 11.8 Å². The van der Waals surface area contributed by atoms with Crippen molar-refractivity contribution >= 4 is 18.3 Å². The van der Waals surface area contributed by atoms with Crippen molar-refractivity contribution in [3.8, 4) is 0 Å². The SMILES string of the molecule is Cl.NC1CCC2CN(C(=O)CC3CCCO3)CC12. The van der Waals surface area contributed by atoms with Crippen molar-refractivity contribution in [1.29, 1.82) is 0 Å². The topological polar surface area (TPSA) is 55.6 Å². The first-order valence-electron chi connectivity index (χ1n) is 6.89. The number of carbonyl (C=O) groups is 1. The monoisotopic (exact) mass is 274 g/mol. The van der Waals surface area contributed by atoms with Crippen LogP contribution in [0.25, 0.3) is 0 Å². The fourth-order valence-electron chi connectivity index (χ4n) is 3.64. The molecule has 0 aromatic rings. The van der Waals surface area contributed by atoms with Crippen LogP contribution in [0.3, 0.4) is 0 Å². The molecule has 2 N–H and O–H groups in total. The van der Waals surface area contributed by atoms with Crippen LogP contribution in [0.15, 0.2) is 0 Å². The van der Waals surface area contributed by atoms with Gasteiger partial charge in [-0.2, -0.15) is 0 Å². The summed E-state index contributed by atoms with van der Waals surface area (Å²) in [5.41, 5.74) is 6.08. The van der Waals surface area contributed by atoms with Gasteiger partial charge in [-0.3, -0.25) is 4.79 Å². The number of hydrogen-bond acceptors (Lipinski definition) is 3. The Bertz CT molecular complexity index is 307. The van der Waals surface area contributed by atoms with E-state index in [4.69, 9.17) is 10.5 Å². The molecule has 0 spiro atoms. The summed E-state index contributed by atoms with van der Waals surface area (Å²) in [6.45, 7) is 2.65. The smallest absolute Gasteiger partial charge is 0.225 e. The Balaban J connectivity index is 0.00000120. The molecule has 0 bridgehead atoms. The molecule has 104 valence electrons. The van der Waals surface area contributed by atoms with E-state index in [2.05, 4.69) is 0 Å². The van der Waals surface area contributed by atoms with Crippen molar-refractivity contribution in [2.45, 2.75) is 44.2 Å². The second kappa shape index (κ2) is 5.76. The summed E-state index contributed by atoms with van der Waals surface area (Å²) in [5.74, 6) is 1.50. The van der Waals surface area contributed by atoms with E-state index in [1.807, 2.05) is 4.90 Å². The van der Waals surface area contributed by atoms with Crippen LogP contribution >= 0.6 is 12.4 Å². The number of nitrogens with zero attached hydrogens (tertiary/aromatic N) is 1. The summed E-state index contributed by atoms with van der Waals surface area (Å²) >= 11 is 0. The van der Waals surface area contributed by atoms with Crippen LogP contribution in [-0.4, -0.2) is 42.6 Å². The number of likely N-dealkylation sites (tertiary alicyclic amines) is 1. The van der Waals surface area contributed by atoms with Crippen molar-refractivity contribution < 1.29 is 9.53 Å². The van der Waals surface area contributed by atoms with E-state index in [0.29, 0.717) is 24.3 Å². The molecule has 2 saturated heterocycles. The lowest BCUT2D eigenvalue weighted by Crippen LogP contribution is -2.34. The molecule has 1 aliphatic carbocycles. The molecule has 3 fully saturated rings. The summed E-state index contributed by atoms with van der Waals surface area (Å²) in [6.07, 6.45) is 5.25. The molecule has 5 heteroatoms. The van der Waals surface area contributed by atoms with Gasteiger partial charge in [0.15, 0.2) is 0 Å². The lowest BCUT2D eigenvalue weighted by Gasteiger charge is -2.20. The molecule has 1 amide bonds. The number of amides is 1. The Morgan fingerprint density at radius 1 is 1.28 bits per heavy atom. The summed E-state index contributed by atoms with van der Waals surface area (Å²) in [6, 6.07) is 0.320. The normalized spacial score (nSPS) is 38.6. The molecule has 18 heavy (non-hydrogen) atoms. The zero-order valence-electron chi connectivity index (χ0n) is 10.7. The molecule has 2 aliphatic heterocycles. The summed E-state index contributed by atoms with van der Waals surface area (Å²) < 4.78 is 5.53. The van der Waals surface area contributed by atoms with E-state index in [0.717, 1.165) is 39.0 Å². The number of hydrogen-bond donors (Lipinski definition) is 1. The van der Waals surface area contributed by atoms with Gasteiger partial charge in [-0.05, 0) is 37.5 Å². The van der Waals surface area contributed by atoms with Gasteiger partial charge in [0.25, 0.3) is 0 Å². The largest absolute Gasteiger partial charge is 0.378 e. The fraction of sp³-hybridized carbons (Fsp3) is 0.923. The summed E-state index contributed by atoms with van der Waals surface area (Å²) in [5, 5.41) is 0. The number of carbonyl (C=O) groups excluding carboxylic acids is 1. The van der Waals surface area contributed by atoms with E-state index in [1.54, 1.807) is 0 Å². The Morgan fingerprint density at radius 2 is 2.11 bits per heavy atom. The second-order valence-electron chi connectivity index (χ2n) is 5.80. The molecule has 1 saturated carbocycles. The van der Waals surface area contributed by atoms with Gasteiger partial charge >= 0.3 is 0 Å². The standard InChI is InChI=1S/C13H22N2O2.ClH/c14-12-4-3-9-7-15(8-11(9)12)13(16)6-10-2-1-5-17-10;/h9-12H,1-8,14H2;1H. The Morgan fingerprint density at radius 3 is 2.78 bits per heavy atom. The van der Waals surface area contributed by atoms with Gasteiger partial charge in [-0.15, -0.1) is 12.4 Å². The molecule has 0 aromatic carbocycles. The van der Waals surface area contributed by atoms with Crippen molar-refractivity contribution in [1.82, 2.24) is 4.90 Å². The van der Waals surface area contributed by atoms with E-state index in [9.17, 15) is 4.79 Å². The molecule has 0 radical (unpaired) electrons. The molecule has 0 aromatic heterocycles. The highest BCUT2D eigenvalue weighted by Crippen LogP contribution is 2.37. The van der Waals surface area contributed by atoms with Crippen LogP contribution in [0.2, 0.25) is 0 Å². The average molecular weight is 275 g/mol. The minimum Gasteiger partial charge on any atom is -0.378 e. The maximum atomic E-state index is 12.1. The van der Waals surface area contributed by atoms with E-state index >= 15 is 0 Å². The number of nitrogens with two attached hydrogens (primary N) is 1. The molecule has 4 atom stereocenters. The molecule has 3 aliphatic rings. The highest BCUT2D eigenvalue weighted by Gasteiger charge is 2.42. The highest BCUT2D eigenvalue weighted by atomic mass is 35.5. The van der Waals surface area contributed by atoms with E-state index in [-0.39, 0.29) is 24.4 Å². The first kappa shape index (κ1) is 14.1. The zero-order chi connectivity index (χ0) is 11.8.